The minimum absolute atomic E-state index is 0.0934. The molecule has 4 rings (SSSR count). The van der Waals surface area contributed by atoms with Gasteiger partial charge in [0.15, 0.2) is 0 Å². The van der Waals surface area contributed by atoms with Crippen LogP contribution >= 0.6 is 0 Å². The molecule has 1 saturated heterocycles. The molecule has 0 spiro atoms. The van der Waals surface area contributed by atoms with Gasteiger partial charge in [-0.2, -0.15) is 4.31 Å². The van der Waals surface area contributed by atoms with Crippen molar-refractivity contribution in [1.29, 1.82) is 0 Å². The molecule has 0 aliphatic carbocycles. The number of hydrogen-bond acceptors (Lipinski definition) is 5. The Hall–Kier alpha value is -2.58. The molecule has 34 heavy (non-hydrogen) atoms. The number of ether oxygens (including phenoxy) is 2. The first-order valence-corrected chi connectivity index (χ1v) is 13.3. The lowest BCUT2D eigenvalue weighted by molar-refractivity contribution is -0.122. The Kier molecular flexibility index (Phi) is 6.92. The molecule has 2 aliphatic rings. The molecule has 1 N–H and O–H groups in total. The van der Waals surface area contributed by atoms with Crippen LogP contribution in [0.1, 0.15) is 62.3 Å². The Morgan fingerprint density at radius 1 is 1.18 bits per heavy atom. The van der Waals surface area contributed by atoms with Gasteiger partial charge in [0.1, 0.15) is 17.1 Å². The second kappa shape index (κ2) is 9.58. The van der Waals surface area contributed by atoms with Crippen LogP contribution in [0.4, 0.5) is 0 Å². The Morgan fingerprint density at radius 3 is 2.62 bits per heavy atom. The zero-order valence-electron chi connectivity index (χ0n) is 20.4. The highest BCUT2D eigenvalue weighted by Crippen LogP contribution is 2.40. The smallest absolute Gasteiger partial charge is 0.243 e. The molecule has 8 heteroatoms. The van der Waals surface area contributed by atoms with Crippen molar-refractivity contribution < 1.29 is 22.7 Å². The molecule has 0 radical (unpaired) electrons. The first kappa shape index (κ1) is 24.5. The van der Waals surface area contributed by atoms with Gasteiger partial charge in [0, 0.05) is 31.5 Å². The average Bonchev–Trinajstić information content (AvgIpc) is 3.32. The summed E-state index contributed by atoms with van der Waals surface area (Å²) in [5, 5.41) is 3.16. The second-order valence-corrected chi connectivity index (χ2v) is 11.8. The molecule has 0 aromatic heterocycles. The van der Waals surface area contributed by atoms with Crippen molar-refractivity contribution in [2.24, 2.45) is 0 Å². The molecular formula is C26H34N2O5S. The first-order valence-electron chi connectivity index (χ1n) is 11.8. The van der Waals surface area contributed by atoms with Crippen LogP contribution in [0.25, 0.3) is 0 Å². The monoisotopic (exact) mass is 486 g/mol. The van der Waals surface area contributed by atoms with Crippen LogP contribution in [-0.4, -0.2) is 44.4 Å². The zero-order chi connectivity index (χ0) is 24.5. The second-order valence-electron chi connectivity index (χ2n) is 9.81. The van der Waals surface area contributed by atoms with Gasteiger partial charge in [0.25, 0.3) is 0 Å². The summed E-state index contributed by atoms with van der Waals surface area (Å²) in [7, 11) is -1.98. The summed E-state index contributed by atoms with van der Waals surface area (Å²) in [5.74, 6) is 1.30. The van der Waals surface area contributed by atoms with E-state index in [4.69, 9.17) is 9.47 Å². The molecule has 1 atom stereocenters. The highest BCUT2D eigenvalue weighted by molar-refractivity contribution is 7.89. The minimum Gasteiger partial charge on any atom is -0.496 e. The third kappa shape index (κ3) is 5.23. The summed E-state index contributed by atoms with van der Waals surface area (Å²) in [6, 6.07) is 10.8. The largest absolute Gasteiger partial charge is 0.496 e. The van der Waals surface area contributed by atoms with E-state index in [1.807, 2.05) is 39.0 Å². The van der Waals surface area contributed by atoms with Crippen LogP contribution in [-0.2, 0) is 21.2 Å². The molecule has 0 unspecified atom stereocenters. The number of rotatable bonds is 7. The number of carbonyl (C=O) groups excluding carboxylic acids is 1. The first-order chi connectivity index (χ1) is 16.1. The lowest BCUT2D eigenvalue weighted by atomic mass is 9.89. The summed E-state index contributed by atoms with van der Waals surface area (Å²) in [6.07, 6.45) is 3.04. The SMILES string of the molecule is COc1ccc(S(=O)(=O)N2CCCC2)cc1CCC(=O)N[C@@H]1CC(C)(C)Oc2cc(C)ccc21. The van der Waals surface area contributed by atoms with Crippen molar-refractivity contribution in [3.8, 4) is 11.5 Å². The van der Waals surface area contributed by atoms with E-state index in [2.05, 4.69) is 5.32 Å². The summed E-state index contributed by atoms with van der Waals surface area (Å²) in [5.41, 5.74) is 2.41. The van der Waals surface area contributed by atoms with Crippen LogP contribution in [0.15, 0.2) is 41.3 Å². The van der Waals surface area contributed by atoms with E-state index in [0.29, 0.717) is 37.2 Å². The van der Waals surface area contributed by atoms with Crippen molar-refractivity contribution in [2.75, 3.05) is 20.2 Å². The quantitative estimate of drug-likeness (QED) is 0.636. The molecule has 2 aromatic rings. The lowest BCUT2D eigenvalue weighted by Crippen LogP contribution is -2.41. The van der Waals surface area contributed by atoms with Crippen molar-refractivity contribution in [1.82, 2.24) is 9.62 Å². The van der Waals surface area contributed by atoms with E-state index in [-0.39, 0.29) is 28.9 Å². The van der Waals surface area contributed by atoms with Gasteiger partial charge >= 0.3 is 0 Å². The number of nitrogens with one attached hydrogen (secondary N) is 1. The van der Waals surface area contributed by atoms with Crippen LogP contribution < -0.4 is 14.8 Å². The van der Waals surface area contributed by atoms with Gasteiger partial charge in [0.05, 0.1) is 18.0 Å². The predicted molar refractivity (Wildman–Crippen MR) is 131 cm³/mol. The molecule has 2 aliphatic heterocycles. The van der Waals surface area contributed by atoms with Gasteiger partial charge in [-0.25, -0.2) is 8.42 Å². The summed E-state index contributed by atoms with van der Waals surface area (Å²) < 4.78 is 39.1. The van der Waals surface area contributed by atoms with E-state index in [1.165, 1.54) is 4.31 Å². The number of fused-ring (bicyclic) bond motifs is 1. The third-order valence-corrected chi connectivity index (χ3v) is 8.43. The third-order valence-electron chi connectivity index (χ3n) is 6.54. The van der Waals surface area contributed by atoms with Gasteiger partial charge in [-0.15, -0.1) is 0 Å². The number of benzene rings is 2. The van der Waals surface area contributed by atoms with Crippen molar-refractivity contribution in [3.05, 3.63) is 53.1 Å². The Labute approximate surface area is 202 Å². The molecule has 2 heterocycles. The Morgan fingerprint density at radius 2 is 1.91 bits per heavy atom. The maximum atomic E-state index is 13.0. The maximum absolute atomic E-state index is 13.0. The number of carbonyl (C=O) groups is 1. The molecule has 1 fully saturated rings. The average molecular weight is 487 g/mol. The maximum Gasteiger partial charge on any atom is 0.243 e. The normalized spacial score (nSPS) is 19.8. The highest BCUT2D eigenvalue weighted by atomic mass is 32.2. The molecule has 184 valence electrons. The van der Waals surface area contributed by atoms with Crippen LogP contribution in [0, 0.1) is 6.92 Å². The van der Waals surface area contributed by atoms with Gasteiger partial charge in [-0.05, 0) is 75.4 Å². The highest BCUT2D eigenvalue weighted by Gasteiger charge is 2.34. The fourth-order valence-corrected chi connectivity index (χ4v) is 6.36. The number of aryl methyl sites for hydroxylation is 2. The van der Waals surface area contributed by atoms with E-state index in [9.17, 15) is 13.2 Å². The standard InChI is InChI=1S/C26H34N2O5S/c1-18-7-10-21-22(17-26(2,3)33-24(21)15-18)27-25(29)12-8-19-16-20(9-11-23(19)32-4)34(30,31)28-13-5-6-14-28/h7,9-11,15-16,22H,5-6,8,12-14,17H2,1-4H3,(H,27,29)/t22-/m1/s1. The van der Waals surface area contributed by atoms with Crippen molar-refractivity contribution in [2.45, 2.75) is 69.4 Å². The van der Waals surface area contributed by atoms with Gasteiger partial charge in [-0.3, -0.25) is 4.79 Å². The molecular weight excluding hydrogens is 452 g/mol. The fourth-order valence-electron chi connectivity index (χ4n) is 4.79. The lowest BCUT2D eigenvalue weighted by Gasteiger charge is -2.38. The topological polar surface area (TPSA) is 84.9 Å². The number of hydrogen-bond donors (Lipinski definition) is 1. The predicted octanol–water partition coefficient (Wildman–Crippen LogP) is 4.14. The van der Waals surface area contributed by atoms with E-state index < -0.39 is 10.0 Å². The van der Waals surface area contributed by atoms with Gasteiger partial charge < -0.3 is 14.8 Å². The van der Waals surface area contributed by atoms with E-state index in [0.717, 1.165) is 29.7 Å². The molecule has 1 amide bonds. The van der Waals surface area contributed by atoms with Crippen LogP contribution in [0.5, 0.6) is 11.5 Å². The van der Waals surface area contributed by atoms with E-state index >= 15 is 0 Å². The van der Waals surface area contributed by atoms with Gasteiger partial charge in [0.2, 0.25) is 15.9 Å². The number of nitrogens with zero attached hydrogens (tertiary/aromatic N) is 1. The fraction of sp³-hybridized carbons (Fsp3) is 0.500. The molecule has 0 saturated carbocycles. The minimum atomic E-state index is -3.53. The van der Waals surface area contributed by atoms with Crippen molar-refractivity contribution >= 4 is 15.9 Å². The summed E-state index contributed by atoms with van der Waals surface area (Å²) >= 11 is 0. The van der Waals surface area contributed by atoms with Crippen LogP contribution in [0.2, 0.25) is 0 Å². The molecule has 7 nitrogen and oxygen atoms in total. The van der Waals surface area contributed by atoms with Crippen molar-refractivity contribution in [3.63, 3.8) is 0 Å². The Balaban J connectivity index is 1.48. The molecule has 0 bridgehead atoms. The number of methoxy groups -OCH3 is 1. The zero-order valence-corrected chi connectivity index (χ0v) is 21.2. The summed E-state index contributed by atoms with van der Waals surface area (Å²) in [4.78, 5) is 13.2. The summed E-state index contributed by atoms with van der Waals surface area (Å²) in [6.45, 7) is 7.16. The van der Waals surface area contributed by atoms with E-state index in [1.54, 1.807) is 25.3 Å². The molecule has 2 aromatic carbocycles. The van der Waals surface area contributed by atoms with Gasteiger partial charge in [-0.1, -0.05) is 12.1 Å². The Bertz CT molecular complexity index is 1170. The number of amides is 1. The number of sulfonamides is 1. The van der Waals surface area contributed by atoms with Crippen LogP contribution in [0.3, 0.4) is 0 Å².